The number of aromatic nitrogens is 3. The van der Waals surface area contributed by atoms with Crippen LogP contribution < -0.4 is 10.6 Å². The Hall–Kier alpha value is -1.77. The Morgan fingerprint density at radius 2 is 1.44 bits per heavy atom. The molecule has 0 saturated carbocycles. The minimum Gasteiger partial charge on any atom is -0.394 e. The van der Waals surface area contributed by atoms with Crippen molar-refractivity contribution in [2.24, 2.45) is 0 Å². The molecular formula is C32H59N5O7S. The number of nitrogens with one attached hydrogen (secondary N) is 2. The summed E-state index contributed by atoms with van der Waals surface area (Å²) in [6.45, 7) is 3.73. The molecule has 0 aliphatic carbocycles. The summed E-state index contributed by atoms with van der Waals surface area (Å²) in [4.78, 5) is 25.8. The highest BCUT2D eigenvalue weighted by Crippen LogP contribution is 2.28. The molecule has 1 aliphatic heterocycles. The number of aliphatic hydroxyl groups is 4. The first-order valence-electron chi connectivity index (χ1n) is 17.2. The molecule has 0 radical (unpaired) electrons. The van der Waals surface area contributed by atoms with Gasteiger partial charge in [0.2, 0.25) is 11.8 Å². The van der Waals surface area contributed by atoms with Crippen molar-refractivity contribution in [3.05, 3.63) is 6.20 Å². The molecule has 0 spiro atoms. The summed E-state index contributed by atoms with van der Waals surface area (Å²) in [5.74, 6) is 0.729. The van der Waals surface area contributed by atoms with Gasteiger partial charge in [-0.3, -0.25) is 9.59 Å². The van der Waals surface area contributed by atoms with Gasteiger partial charge in [0, 0.05) is 12.2 Å². The Bertz CT molecular complexity index is 937. The van der Waals surface area contributed by atoms with E-state index in [2.05, 4.69) is 34.8 Å². The normalized spacial score (nSPS) is 22.3. The molecule has 260 valence electrons. The lowest BCUT2D eigenvalue weighted by atomic mass is 9.98. The van der Waals surface area contributed by atoms with Crippen molar-refractivity contribution >= 4 is 29.4 Å². The van der Waals surface area contributed by atoms with E-state index in [1.807, 2.05) is 0 Å². The van der Waals surface area contributed by atoms with Gasteiger partial charge in [-0.15, -0.1) is 5.10 Å². The summed E-state index contributed by atoms with van der Waals surface area (Å²) < 4.78 is 6.59. The summed E-state index contributed by atoms with van der Waals surface area (Å²) in [5.41, 5.74) is 0. The molecule has 1 fully saturated rings. The molecule has 6 N–H and O–H groups in total. The van der Waals surface area contributed by atoms with E-state index in [4.69, 9.17) is 4.74 Å². The highest BCUT2D eigenvalue weighted by Gasteiger charge is 2.44. The van der Waals surface area contributed by atoms with Crippen molar-refractivity contribution in [2.75, 3.05) is 23.4 Å². The second-order valence-electron chi connectivity index (χ2n) is 12.2. The second kappa shape index (κ2) is 23.5. The zero-order valence-electron chi connectivity index (χ0n) is 27.4. The fourth-order valence-corrected chi connectivity index (χ4v) is 6.35. The van der Waals surface area contributed by atoms with Gasteiger partial charge in [-0.05, 0) is 18.6 Å². The molecular weight excluding hydrogens is 598 g/mol. The third-order valence-electron chi connectivity index (χ3n) is 8.18. The number of ether oxygens (including phenoxy) is 1. The number of amides is 2. The summed E-state index contributed by atoms with van der Waals surface area (Å²) in [5, 5.41) is 53.1. The van der Waals surface area contributed by atoms with E-state index >= 15 is 0 Å². The van der Waals surface area contributed by atoms with E-state index in [0.717, 1.165) is 36.1 Å². The standard InChI is InChI=1S/C32H59N5O7S/c1-3-5-6-7-8-9-10-11-12-13-14-15-16-17-18-19-27(39)33-24(23-45-20-4-2)31(43)34-26-21-37(36-35-26)32-30(42)29(41)28(40)25(22-38)44-32/h21,24-25,28-30,32,38,40-42H,3-20,22-23H2,1-2H3,(H,33,39)(H,34,43)/t24-,25?,28?,29?,30?,32?/m1/s1. The molecule has 2 heterocycles. The number of aliphatic hydroxyl groups excluding tert-OH is 4. The molecule has 6 atom stereocenters. The molecule has 1 aliphatic rings. The fourth-order valence-electron chi connectivity index (χ4n) is 5.42. The molecule has 12 nitrogen and oxygen atoms in total. The molecule has 5 unspecified atom stereocenters. The van der Waals surface area contributed by atoms with Crippen molar-refractivity contribution in [3.63, 3.8) is 0 Å². The maximum atomic E-state index is 13.1. The van der Waals surface area contributed by atoms with Gasteiger partial charge in [0.15, 0.2) is 12.0 Å². The molecule has 2 amide bonds. The zero-order chi connectivity index (χ0) is 32.9. The van der Waals surface area contributed by atoms with Crippen LogP contribution in [0, 0.1) is 0 Å². The lowest BCUT2D eigenvalue weighted by Gasteiger charge is -2.39. The lowest BCUT2D eigenvalue weighted by molar-refractivity contribution is -0.254. The van der Waals surface area contributed by atoms with Crippen molar-refractivity contribution in [1.29, 1.82) is 0 Å². The third-order valence-corrected chi connectivity index (χ3v) is 9.45. The van der Waals surface area contributed by atoms with Crippen LogP contribution in [-0.4, -0.2) is 95.8 Å². The van der Waals surface area contributed by atoms with Gasteiger partial charge in [0.05, 0.1) is 12.8 Å². The Labute approximate surface area is 273 Å². The maximum Gasteiger partial charge on any atom is 0.249 e. The quantitative estimate of drug-likeness (QED) is 0.0840. The number of unbranched alkanes of at least 4 members (excludes halogenated alkanes) is 14. The first-order chi connectivity index (χ1) is 21.8. The van der Waals surface area contributed by atoms with E-state index in [1.165, 1.54) is 83.2 Å². The van der Waals surface area contributed by atoms with Crippen LogP contribution in [0.3, 0.4) is 0 Å². The van der Waals surface area contributed by atoms with Gasteiger partial charge < -0.3 is 35.8 Å². The third kappa shape index (κ3) is 15.1. The number of carbonyl (C=O) groups excluding carboxylic acids is 2. The van der Waals surface area contributed by atoms with Gasteiger partial charge in [0.1, 0.15) is 30.5 Å². The Morgan fingerprint density at radius 1 is 0.867 bits per heavy atom. The van der Waals surface area contributed by atoms with Crippen LogP contribution in [0.2, 0.25) is 0 Å². The summed E-state index contributed by atoms with van der Waals surface area (Å²) in [6, 6.07) is -0.761. The molecule has 1 aromatic rings. The minimum atomic E-state index is -1.57. The average Bonchev–Trinajstić information content (AvgIpc) is 3.49. The molecule has 2 rings (SSSR count). The van der Waals surface area contributed by atoms with Crippen molar-refractivity contribution < 1.29 is 34.8 Å². The number of hydrogen-bond donors (Lipinski definition) is 6. The maximum absolute atomic E-state index is 13.1. The van der Waals surface area contributed by atoms with Gasteiger partial charge >= 0.3 is 0 Å². The molecule has 1 saturated heterocycles. The second-order valence-corrected chi connectivity index (χ2v) is 13.3. The fraction of sp³-hybridized carbons (Fsp3) is 0.875. The molecule has 13 heteroatoms. The zero-order valence-corrected chi connectivity index (χ0v) is 28.3. The smallest absolute Gasteiger partial charge is 0.249 e. The van der Waals surface area contributed by atoms with Gasteiger partial charge in [0.25, 0.3) is 0 Å². The first-order valence-corrected chi connectivity index (χ1v) is 18.4. The number of anilines is 1. The Morgan fingerprint density at radius 3 is 2.00 bits per heavy atom. The van der Waals surface area contributed by atoms with E-state index < -0.39 is 49.2 Å². The van der Waals surface area contributed by atoms with Crippen molar-refractivity contribution in [1.82, 2.24) is 20.3 Å². The van der Waals surface area contributed by atoms with Crippen molar-refractivity contribution in [3.8, 4) is 0 Å². The molecule has 45 heavy (non-hydrogen) atoms. The summed E-state index contributed by atoms with van der Waals surface area (Å²) >= 11 is 1.58. The molecule has 1 aromatic heterocycles. The van der Waals surface area contributed by atoms with Crippen LogP contribution >= 0.6 is 11.8 Å². The van der Waals surface area contributed by atoms with Crippen LogP contribution in [0.4, 0.5) is 5.82 Å². The summed E-state index contributed by atoms with van der Waals surface area (Å²) in [7, 11) is 0. The van der Waals surface area contributed by atoms with E-state index in [0.29, 0.717) is 12.2 Å². The van der Waals surface area contributed by atoms with Gasteiger partial charge in [-0.2, -0.15) is 11.8 Å². The highest BCUT2D eigenvalue weighted by atomic mass is 32.2. The van der Waals surface area contributed by atoms with E-state index in [9.17, 15) is 30.0 Å². The minimum absolute atomic E-state index is 0.0686. The molecule has 0 bridgehead atoms. The van der Waals surface area contributed by atoms with Crippen LogP contribution in [0.5, 0.6) is 0 Å². The van der Waals surface area contributed by atoms with Crippen LogP contribution in [0.15, 0.2) is 6.20 Å². The SMILES string of the molecule is CCCCCCCCCCCCCCCCCC(=O)N[C@H](CSCCC)C(=O)Nc1cn(C2OC(CO)C(O)C(O)C2O)nn1. The Kier molecular flexibility index (Phi) is 20.6. The predicted molar refractivity (Wildman–Crippen MR) is 177 cm³/mol. The number of hydrogen-bond acceptors (Lipinski definition) is 10. The number of thioether (sulfide) groups is 1. The largest absolute Gasteiger partial charge is 0.394 e. The van der Waals surface area contributed by atoms with Crippen LogP contribution in [0.1, 0.15) is 129 Å². The monoisotopic (exact) mass is 657 g/mol. The molecule has 0 aromatic carbocycles. The van der Waals surface area contributed by atoms with E-state index in [-0.39, 0.29) is 11.7 Å². The van der Waals surface area contributed by atoms with Gasteiger partial charge in [-0.25, -0.2) is 4.68 Å². The van der Waals surface area contributed by atoms with E-state index in [1.54, 1.807) is 11.8 Å². The Balaban J connectivity index is 1.69. The lowest BCUT2D eigenvalue weighted by Crippen LogP contribution is -2.56. The predicted octanol–water partition coefficient (Wildman–Crippen LogP) is 4.08. The number of nitrogens with zero attached hydrogens (tertiary/aromatic N) is 3. The van der Waals surface area contributed by atoms with Crippen LogP contribution in [0.25, 0.3) is 0 Å². The highest BCUT2D eigenvalue weighted by molar-refractivity contribution is 7.99. The average molecular weight is 658 g/mol. The summed E-state index contributed by atoms with van der Waals surface area (Å²) in [6.07, 6.45) is 14.6. The topological polar surface area (TPSA) is 179 Å². The van der Waals surface area contributed by atoms with Crippen LogP contribution in [-0.2, 0) is 14.3 Å². The number of rotatable bonds is 25. The first kappa shape index (κ1) is 39.4. The van der Waals surface area contributed by atoms with Gasteiger partial charge in [-0.1, -0.05) is 109 Å². The van der Waals surface area contributed by atoms with Crippen molar-refractivity contribution in [2.45, 2.75) is 160 Å². The number of carbonyl (C=O) groups is 2.